The quantitative estimate of drug-likeness (QED) is 0.671. The number of hydrogen-bond donors (Lipinski definition) is 1. The van der Waals surface area contributed by atoms with Gasteiger partial charge in [-0.05, 0) is 55.8 Å². The number of rotatable bonds is 6. The average molecular weight is 407 g/mol. The normalized spacial score (nSPS) is 13.7. The zero-order valence-corrected chi connectivity index (χ0v) is 17.4. The maximum Gasteiger partial charge on any atom is 0.274 e. The number of carbonyl (C=O) groups is 2. The monoisotopic (exact) mass is 407 g/mol. The summed E-state index contributed by atoms with van der Waals surface area (Å²) < 4.78 is 12.7. The number of amides is 2. The van der Waals surface area contributed by atoms with Gasteiger partial charge in [-0.2, -0.15) is 0 Å². The molecule has 30 heavy (non-hydrogen) atoms. The summed E-state index contributed by atoms with van der Waals surface area (Å²) >= 11 is 0. The van der Waals surface area contributed by atoms with E-state index >= 15 is 0 Å². The van der Waals surface area contributed by atoms with E-state index in [0.717, 1.165) is 23.1 Å². The predicted octanol–water partition coefficient (Wildman–Crippen LogP) is 3.96. The number of fused-ring (bicyclic) bond motifs is 1. The van der Waals surface area contributed by atoms with Crippen molar-refractivity contribution in [3.63, 3.8) is 0 Å². The Hall–Kier alpha value is -3.48. The number of aryl methyl sites for hydroxylation is 1. The van der Waals surface area contributed by atoms with Crippen LogP contribution in [0.1, 0.15) is 30.3 Å². The highest BCUT2D eigenvalue weighted by Gasteiger charge is 2.31. The zero-order chi connectivity index (χ0) is 21.3. The summed E-state index contributed by atoms with van der Waals surface area (Å²) in [5, 5.41) is 3.78. The summed E-state index contributed by atoms with van der Waals surface area (Å²) in [6, 6.07) is 12.9. The minimum Gasteiger partial charge on any atom is -0.497 e. The van der Waals surface area contributed by atoms with Crippen LogP contribution in [0.5, 0.6) is 11.5 Å². The van der Waals surface area contributed by atoms with Crippen molar-refractivity contribution in [2.75, 3.05) is 30.5 Å². The number of methoxy groups -OCH3 is 1. The first kappa shape index (κ1) is 19.8. The van der Waals surface area contributed by atoms with Gasteiger partial charge in [-0.25, -0.2) is 0 Å². The van der Waals surface area contributed by atoms with Gasteiger partial charge in [0.25, 0.3) is 5.91 Å². The number of anilines is 2. The molecule has 2 amide bonds. The molecule has 0 bridgehead atoms. The zero-order valence-electron chi connectivity index (χ0n) is 17.4. The van der Waals surface area contributed by atoms with Crippen LogP contribution in [0.4, 0.5) is 11.4 Å². The fourth-order valence-corrected chi connectivity index (χ4v) is 3.94. The summed E-state index contributed by atoms with van der Waals surface area (Å²) in [6.45, 7) is 3.10. The van der Waals surface area contributed by atoms with Crippen molar-refractivity contribution in [3.8, 4) is 11.5 Å². The van der Waals surface area contributed by atoms with Crippen LogP contribution in [0, 0.1) is 0 Å². The molecule has 0 atom stereocenters. The van der Waals surface area contributed by atoms with E-state index in [1.54, 1.807) is 24.1 Å². The van der Waals surface area contributed by atoms with Gasteiger partial charge in [0.15, 0.2) is 0 Å². The first-order valence-corrected chi connectivity index (χ1v) is 10.0. The van der Waals surface area contributed by atoms with Gasteiger partial charge in [0.05, 0.1) is 24.9 Å². The summed E-state index contributed by atoms with van der Waals surface area (Å²) in [4.78, 5) is 27.6. The molecule has 1 fully saturated rings. The Bertz CT molecular complexity index is 1100. The molecule has 1 N–H and O–H groups in total. The maximum absolute atomic E-state index is 13.3. The second-order valence-corrected chi connectivity index (χ2v) is 7.20. The summed E-state index contributed by atoms with van der Waals surface area (Å²) in [5.74, 6) is 1.18. The highest BCUT2D eigenvalue weighted by molar-refractivity contribution is 6.17. The second-order valence-electron chi connectivity index (χ2n) is 7.20. The van der Waals surface area contributed by atoms with E-state index in [1.165, 1.54) is 0 Å². The van der Waals surface area contributed by atoms with Gasteiger partial charge in [0, 0.05) is 31.1 Å². The Morgan fingerprint density at radius 2 is 1.87 bits per heavy atom. The molecule has 0 radical (unpaired) electrons. The van der Waals surface area contributed by atoms with Crippen LogP contribution >= 0.6 is 0 Å². The van der Waals surface area contributed by atoms with Gasteiger partial charge in [-0.1, -0.05) is 0 Å². The Morgan fingerprint density at radius 1 is 1.13 bits per heavy atom. The summed E-state index contributed by atoms with van der Waals surface area (Å²) in [7, 11) is 3.44. The standard InChI is InChI=1S/C23H25N3O4/c1-4-30-16-9-7-15(8-10-16)24-23(28)22-21(26-13-5-6-20(26)27)18-14-17(29-3)11-12-19(18)25(22)2/h7-12,14H,4-6,13H2,1-3H3,(H,24,28). The minimum atomic E-state index is -0.272. The third-order valence-electron chi connectivity index (χ3n) is 5.36. The number of ether oxygens (including phenoxy) is 2. The number of nitrogens with one attached hydrogen (secondary N) is 1. The van der Waals surface area contributed by atoms with Crippen molar-refractivity contribution in [1.82, 2.24) is 4.57 Å². The molecule has 2 heterocycles. The average Bonchev–Trinajstić information content (AvgIpc) is 3.29. The molecule has 7 heteroatoms. The fourth-order valence-electron chi connectivity index (χ4n) is 3.94. The highest BCUT2D eigenvalue weighted by Crippen LogP contribution is 2.38. The van der Waals surface area contributed by atoms with Crippen molar-refractivity contribution in [2.24, 2.45) is 7.05 Å². The molecule has 1 aromatic heterocycles. The van der Waals surface area contributed by atoms with Crippen molar-refractivity contribution < 1.29 is 19.1 Å². The van der Waals surface area contributed by atoms with E-state index in [2.05, 4.69) is 5.32 Å². The van der Waals surface area contributed by atoms with Gasteiger partial charge in [0.1, 0.15) is 17.2 Å². The van der Waals surface area contributed by atoms with Gasteiger partial charge in [-0.15, -0.1) is 0 Å². The molecule has 156 valence electrons. The molecule has 0 spiro atoms. The van der Waals surface area contributed by atoms with Crippen LogP contribution in [0.3, 0.4) is 0 Å². The van der Waals surface area contributed by atoms with Crippen molar-refractivity contribution >= 4 is 34.1 Å². The van der Waals surface area contributed by atoms with E-state index in [4.69, 9.17) is 9.47 Å². The van der Waals surface area contributed by atoms with E-state index < -0.39 is 0 Å². The molecule has 1 aliphatic rings. The molecule has 1 aliphatic heterocycles. The van der Waals surface area contributed by atoms with E-state index in [9.17, 15) is 9.59 Å². The van der Waals surface area contributed by atoms with Crippen LogP contribution < -0.4 is 19.7 Å². The Labute approximate surface area is 175 Å². The molecule has 0 aliphatic carbocycles. The van der Waals surface area contributed by atoms with Gasteiger partial charge >= 0.3 is 0 Å². The molecule has 3 aromatic rings. The first-order chi connectivity index (χ1) is 14.5. The Kier molecular flexibility index (Phi) is 5.35. The number of nitrogens with zero attached hydrogens (tertiary/aromatic N) is 2. The molecule has 7 nitrogen and oxygen atoms in total. The third-order valence-corrected chi connectivity index (χ3v) is 5.36. The number of carbonyl (C=O) groups excluding carboxylic acids is 2. The number of benzene rings is 2. The SMILES string of the molecule is CCOc1ccc(NC(=O)c2c(N3CCCC3=O)c3cc(OC)ccc3n2C)cc1. The lowest BCUT2D eigenvalue weighted by Crippen LogP contribution is -2.27. The van der Waals surface area contributed by atoms with E-state index in [-0.39, 0.29) is 11.8 Å². The topological polar surface area (TPSA) is 72.8 Å². The van der Waals surface area contributed by atoms with Crippen LogP contribution in [0.2, 0.25) is 0 Å². The van der Waals surface area contributed by atoms with E-state index in [1.807, 2.05) is 48.9 Å². The lowest BCUT2D eigenvalue weighted by Gasteiger charge is -2.18. The van der Waals surface area contributed by atoms with Gasteiger partial charge in [-0.3, -0.25) is 9.59 Å². The molecule has 4 rings (SSSR count). The van der Waals surface area contributed by atoms with Crippen molar-refractivity contribution in [1.29, 1.82) is 0 Å². The second kappa shape index (κ2) is 8.10. The maximum atomic E-state index is 13.3. The molecular formula is C23H25N3O4. The van der Waals surface area contributed by atoms with Crippen molar-refractivity contribution in [2.45, 2.75) is 19.8 Å². The summed E-state index contributed by atoms with van der Waals surface area (Å²) in [6.07, 6.45) is 1.26. The molecule has 0 unspecified atom stereocenters. The van der Waals surface area contributed by atoms with Crippen LogP contribution in [-0.2, 0) is 11.8 Å². The lowest BCUT2D eigenvalue weighted by atomic mass is 10.2. The number of hydrogen-bond acceptors (Lipinski definition) is 4. The smallest absolute Gasteiger partial charge is 0.274 e. The molecule has 2 aromatic carbocycles. The first-order valence-electron chi connectivity index (χ1n) is 10.0. The molecule has 1 saturated heterocycles. The largest absolute Gasteiger partial charge is 0.497 e. The van der Waals surface area contributed by atoms with Crippen molar-refractivity contribution in [3.05, 3.63) is 48.2 Å². The minimum absolute atomic E-state index is 0.0282. The summed E-state index contributed by atoms with van der Waals surface area (Å²) in [5.41, 5.74) is 2.60. The van der Waals surface area contributed by atoms with Gasteiger partial charge in [0.2, 0.25) is 5.91 Å². The Balaban J connectivity index is 1.77. The van der Waals surface area contributed by atoms with Gasteiger partial charge < -0.3 is 24.3 Å². The van der Waals surface area contributed by atoms with E-state index in [0.29, 0.717) is 42.4 Å². The number of aromatic nitrogens is 1. The van der Waals surface area contributed by atoms with Crippen LogP contribution in [-0.4, -0.2) is 36.6 Å². The van der Waals surface area contributed by atoms with Crippen LogP contribution in [0.15, 0.2) is 42.5 Å². The van der Waals surface area contributed by atoms with Crippen LogP contribution in [0.25, 0.3) is 10.9 Å². The highest BCUT2D eigenvalue weighted by atomic mass is 16.5. The third kappa shape index (κ3) is 3.47. The lowest BCUT2D eigenvalue weighted by molar-refractivity contribution is -0.117. The molecular weight excluding hydrogens is 382 g/mol. The fraction of sp³-hybridized carbons (Fsp3) is 0.304. The predicted molar refractivity (Wildman–Crippen MR) is 117 cm³/mol. The molecule has 0 saturated carbocycles. The Morgan fingerprint density at radius 3 is 2.50 bits per heavy atom.